The van der Waals surface area contributed by atoms with Gasteiger partial charge in [0.15, 0.2) is 0 Å². The van der Waals surface area contributed by atoms with E-state index in [1.165, 1.54) is 6.92 Å². The van der Waals surface area contributed by atoms with Crippen LogP contribution < -0.4 is 5.09 Å². The molecule has 0 radical (unpaired) electrons. The third-order valence-electron chi connectivity index (χ3n) is 3.09. The SMILES string of the molecule is CC(c1ccccc1)P(=O)(O)NC(CCC(=O)O)C(=O)O. The van der Waals surface area contributed by atoms with E-state index in [1.807, 2.05) is 0 Å². The van der Waals surface area contributed by atoms with Gasteiger partial charge in [-0.25, -0.2) is 5.09 Å². The number of aliphatic carboxylic acids is 2. The van der Waals surface area contributed by atoms with Crippen LogP contribution in [0.25, 0.3) is 0 Å². The fraction of sp³-hybridized carbons (Fsp3) is 0.385. The van der Waals surface area contributed by atoms with E-state index in [0.29, 0.717) is 5.56 Å². The second kappa shape index (κ2) is 7.36. The number of carbonyl (C=O) groups is 2. The fourth-order valence-electron chi connectivity index (χ4n) is 1.78. The average molecular weight is 315 g/mol. The smallest absolute Gasteiger partial charge is 0.321 e. The van der Waals surface area contributed by atoms with Crippen LogP contribution in [0.5, 0.6) is 0 Å². The summed E-state index contributed by atoms with van der Waals surface area (Å²) in [4.78, 5) is 31.6. The summed E-state index contributed by atoms with van der Waals surface area (Å²) in [7, 11) is -4.00. The van der Waals surface area contributed by atoms with Crippen molar-refractivity contribution in [1.82, 2.24) is 5.09 Å². The normalized spacial score (nSPS) is 16.7. The predicted octanol–water partition coefficient (Wildman–Crippen LogP) is 1.84. The highest BCUT2D eigenvalue weighted by molar-refractivity contribution is 7.56. The summed E-state index contributed by atoms with van der Waals surface area (Å²) in [5.41, 5.74) is -0.205. The van der Waals surface area contributed by atoms with Crippen LogP contribution in [0.1, 0.15) is 31.0 Å². The molecular weight excluding hydrogens is 297 g/mol. The maximum atomic E-state index is 12.3. The first kappa shape index (κ1) is 17.4. The third kappa shape index (κ3) is 5.30. The molecule has 0 saturated heterocycles. The minimum absolute atomic E-state index is 0.267. The molecule has 1 aromatic rings. The van der Waals surface area contributed by atoms with Crippen molar-refractivity contribution in [3.8, 4) is 0 Å². The molecule has 8 heteroatoms. The molecular formula is C13H18NO6P. The second-order valence-electron chi connectivity index (χ2n) is 4.66. The minimum Gasteiger partial charge on any atom is -0.481 e. The lowest BCUT2D eigenvalue weighted by Crippen LogP contribution is -2.35. The van der Waals surface area contributed by atoms with E-state index in [2.05, 4.69) is 5.09 Å². The maximum absolute atomic E-state index is 12.3. The van der Waals surface area contributed by atoms with E-state index < -0.39 is 37.6 Å². The number of rotatable bonds is 8. The number of carboxylic acids is 2. The molecule has 3 atom stereocenters. The second-order valence-corrected chi connectivity index (χ2v) is 6.94. The molecule has 0 aromatic heterocycles. The molecule has 0 aliphatic heterocycles. The number of hydrogen-bond acceptors (Lipinski definition) is 3. The van der Waals surface area contributed by atoms with Gasteiger partial charge in [-0.3, -0.25) is 14.2 Å². The van der Waals surface area contributed by atoms with Crippen molar-refractivity contribution < 1.29 is 29.3 Å². The Morgan fingerprint density at radius 1 is 1.24 bits per heavy atom. The molecule has 1 rings (SSSR count). The van der Waals surface area contributed by atoms with Crippen molar-refractivity contribution in [2.75, 3.05) is 0 Å². The topological polar surface area (TPSA) is 124 Å². The van der Waals surface area contributed by atoms with Gasteiger partial charge in [-0.15, -0.1) is 0 Å². The van der Waals surface area contributed by atoms with Gasteiger partial charge >= 0.3 is 11.9 Å². The molecule has 21 heavy (non-hydrogen) atoms. The summed E-state index contributed by atoms with van der Waals surface area (Å²) in [6.45, 7) is 1.51. The van der Waals surface area contributed by atoms with Crippen LogP contribution in [0.2, 0.25) is 0 Å². The molecule has 3 unspecified atom stereocenters. The summed E-state index contributed by atoms with van der Waals surface area (Å²) < 4.78 is 12.3. The van der Waals surface area contributed by atoms with Gasteiger partial charge < -0.3 is 15.1 Å². The first-order valence-electron chi connectivity index (χ1n) is 6.34. The minimum atomic E-state index is -4.00. The third-order valence-corrected chi connectivity index (χ3v) is 5.12. The quantitative estimate of drug-likeness (QED) is 0.539. The van der Waals surface area contributed by atoms with Crippen molar-refractivity contribution in [3.05, 3.63) is 35.9 Å². The molecule has 1 aromatic carbocycles. The summed E-state index contributed by atoms with van der Waals surface area (Å²) in [6, 6.07) is 7.14. The Morgan fingerprint density at radius 2 is 1.81 bits per heavy atom. The first-order chi connectivity index (χ1) is 9.74. The molecule has 4 N–H and O–H groups in total. The van der Waals surface area contributed by atoms with Crippen molar-refractivity contribution in [3.63, 3.8) is 0 Å². The van der Waals surface area contributed by atoms with Crippen LogP contribution in [0.15, 0.2) is 30.3 Å². The van der Waals surface area contributed by atoms with E-state index in [-0.39, 0.29) is 6.42 Å². The van der Waals surface area contributed by atoms with Crippen LogP contribution in [0, 0.1) is 0 Å². The Labute approximate surface area is 122 Å². The van der Waals surface area contributed by atoms with Crippen molar-refractivity contribution in [2.45, 2.75) is 31.5 Å². The molecule has 0 fully saturated rings. The van der Waals surface area contributed by atoms with Crippen molar-refractivity contribution in [2.24, 2.45) is 0 Å². The van der Waals surface area contributed by atoms with E-state index >= 15 is 0 Å². The van der Waals surface area contributed by atoms with Crippen LogP contribution in [-0.4, -0.2) is 33.1 Å². The van der Waals surface area contributed by atoms with Gasteiger partial charge in [0.1, 0.15) is 6.04 Å². The number of hydrogen-bond donors (Lipinski definition) is 4. The van der Waals surface area contributed by atoms with Gasteiger partial charge in [-0.1, -0.05) is 30.3 Å². The summed E-state index contributed by atoms with van der Waals surface area (Å²) in [6.07, 6.45) is -0.666. The van der Waals surface area contributed by atoms with E-state index in [1.54, 1.807) is 30.3 Å². The van der Waals surface area contributed by atoms with E-state index in [4.69, 9.17) is 10.2 Å². The Balaban J connectivity index is 2.83. The Kier molecular flexibility index (Phi) is 6.08. The van der Waals surface area contributed by atoms with Gasteiger partial charge in [-0.2, -0.15) is 0 Å². The molecule has 116 valence electrons. The fourth-order valence-corrected chi connectivity index (χ4v) is 3.27. The summed E-state index contributed by atoms with van der Waals surface area (Å²) >= 11 is 0. The van der Waals surface area contributed by atoms with Gasteiger partial charge in [-0.05, 0) is 18.9 Å². The highest BCUT2D eigenvalue weighted by Crippen LogP contribution is 2.52. The van der Waals surface area contributed by atoms with Crippen LogP contribution in [0.4, 0.5) is 0 Å². The lowest BCUT2D eigenvalue weighted by molar-refractivity contribution is -0.140. The van der Waals surface area contributed by atoms with Gasteiger partial charge in [0.25, 0.3) is 7.52 Å². The molecule has 0 saturated carbocycles. The highest BCUT2D eigenvalue weighted by atomic mass is 31.2. The van der Waals surface area contributed by atoms with Crippen LogP contribution in [0.3, 0.4) is 0 Å². The maximum Gasteiger partial charge on any atom is 0.321 e. The van der Waals surface area contributed by atoms with Crippen molar-refractivity contribution in [1.29, 1.82) is 0 Å². The first-order valence-corrected chi connectivity index (χ1v) is 8.06. The summed E-state index contributed by atoms with van der Waals surface area (Å²) in [5, 5.41) is 19.8. The number of nitrogens with one attached hydrogen (secondary N) is 1. The summed E-state index contributed by atoms with van der Waals surface area (Å²) in [5.74, 6) is -2.52. The molecule has 0 amide bonds. The molecule has 0 aliphatic rings. The Morgan fingerprint density at radius 3 is 2.29 bits per heavy atom. The van der Waals surface area contributed by atoms with Crippen LogP contribution in [-0.2, 0) is 14.2 Å². The largest absolute Gasteiger partial charge is 0.481 e. The van der Waals surface area contributed by atoms with Gasteiger partial charge in [0.2, 0.25) is 0 Å². The standard InChI is InChI=1S/C13H18NO6P/c1-9(10-5-3-2-4-6-10)21(19,20)14-11(13(17)18)7-8-12(15)16/h2-6,9,11H,7-8H2,1H3,(H,15,16)(H,17,18)(H2,14,19,20). The average Bonchev–Trinajstić information content (AvgIpc) is 2.43. The zero-order valence-corrected chi connectivity index (χ0v) is 12.4. The van der Waals surface area contributed by atoms with E-state index in [9.17, 15) is 19.0 Å². The Bertz CT molecular complexity index is 547. The molecule has 0 aliphatic carbocycles. The number of carboxylic acid groups (broad SMARTS) is 2. The molecule has 0 spiro atoms. The van der Waals surface area contributed by atoms with Gasteiger partial charge in [0, 0.05) is 6.42 Å². The van der Waals surface area contributed by atoms with E-state index in [0.717, 1.165) is 0 Å². The van der Waals surface area contributed by atoms with Gasteiger partial charge in [0.05, 0.1) is 5.66 Å². The molecule has 7 nitrogen and oxygen atoms in total. The number of benzene rings is 1. The zero-order valence-electron chi connectivity index (χ0n) is 11.5. The molecule has 0 bridgehead atoms. The highest BCUT2D eigenvalue weighted by Gasteiger charge is 2.33. The van der Waals surface area contributed by atoms with Crippen LogP contribution >= 0.6 is 7.52 Å². The molecule has 0 heterocycles. The Hall–Kier alpha value is -1.69. The lowest BCUT2D eigenvalue weighted by Gasteiger charge is -2.24. The van der Waals surface area contributed by atoms with Crippen molar-refractivity contribution >= 4 is 19.5 Å². The zero-order chi connectivity index (χ0) is 16.0. The monoisotopic (exact) mass is 315 g/mol. The predicted molar refractivity (Wildman–Crippen MR) is 76.1 cm³/mol. The lowest BCUT2D eigenvalue weighted by atomic mass is 10.2.